The van der Waals surface area contributed by atoms with Crippen LogP contribution in [-0.2, 0) is 11.2 Å². The first-order chi connectivity index (χ1) is 8.77. The Balaban J connectivity index is 2.46. The maximum Gasteiger partial charge on any atom is 0.224 e. The van der Waals surface area contributed by atoms with Gasteiger partial charge in [-0.1, -0.05) is 25.1 Å². The Labute approximate surface area is 114 Å². The van der Waals surface area contributed by atoms with Crippen molar-refractivity contribution in [2.75, 3.05) is 30.4 Å². The first-order valence-electron chi connectivity index (χ1n) is 6.38. The Kier molecular flexibility index (Phi) is 7.34. The van der Waals surface area contributed by atoms with Crippen molar-refractivity contribution < 1.29 is 4.79 Å². The van der Waals surface area contributed by atoms with Crippen LogP contribution >= 0.6 is 11.8 Å². The number of para-hydroxylation sites is 1. The summed E-state index contributed by atoms with van der Waals surface area (Å²) in [6.45, 7) is 3.13. The summed E-state index contributed by atoms with van der Waals surface area (Å²) in [5.74, 6) is 2.40. The molecule has 1 aromatic carbocycles. The first-order valence-corrected chi connectivity index (χ1v) is 7.53. The molecule has 2 N–H and O–H groups in total. The van der Waals surface area contributed by atoms with Gasteiger partial charge in [0.05, 0.1) is 6.42 Å². The summed E-state index contributed by atoms with van der Waals surface area (Å²) in [5, 5.41) is 6.06. The highest BCUT2D eigenvalue weighted by molar-refractivity contribution is 7.99. The van der Waals surface area contributed by atoms with Gasteiger partial charge in [-0.3, -0.25) is 4.79 Å². The lowest BCUT2D eigenvalue weighted by atomic mass is 10.1. The SMILES string of the molecule is CCSCCCNc1ccccc1CC(=O)NC. The van der Waals surface area contributed by atoms with Crippen molar-refractivity contribution in [2.24, 2.45) is 0 Å². The Morgan fingerprint density at radius 1 is 1.33 bits per heavy atom. The minimum atomic E-state index is 0.0470. The highest BCUT2D eigenvalue weighted by Gasteiger charge is 2.05. The molecular weight excluding hydrogens is 244 g/mol. The number of rotatable bonds is 8. The second-order valence-corrected chi connectivity index (χ2v) is 5.38. The van der Waals surface area contributed by atoms with Gasteiger partial charge in [0.1, 0.15) is 0 Å². The van der Waals surface area contributed by atoms with Crippen molar-refractivity contribution in [2.45, 2.75) is 19.8 Å². The van der Waals surface area contributed by atoms with Gasteiger partial charge in [-0.05, 0) is 29.6 Å². The summed E-state index contributed by atoms with van der Waals surface area (Å²) in [7, 11) is 1.67. The molecule has 3 nitrogen and oxygen atoms in total. The summed E-state index contributed by atoms with van der Waals surface area (Å²) in [6, 6.07) is 8.00. The summed E-state index contributed by atoms with van der Waals surface area (Å²) in [5.41, 5.74) is 2.13. The number of thioether (sulfide) groups is 1. The molecule has 0 saturated heterocycles. The summed E-state index contributed by atoms with van der Waals surface area (Å²) >= 11 is 1.96. The van der Waals surface area contributed by atoms with E-state index in [1.807, 2.05) is 36.0 Å². The predicted molar refractivity (Wildman–Crippen MR) is 80.3 cm³/mol. The van der Waals surface area contributed by atoms with Crippen LogP contribution in [-0.4, -0.2) is 31.0 Å². The monoisotopic (exact) mass is 266 g/mol. The fourth-order valence-corrected chi connectivity index (χ4v) is 2.29. The molecule has 4 heteroatoms. The summed E-state index contributed by atoms with van der Waals surface area (Å²) in [4.78, 5) is 11.4. The maximum atomic E-state index is 11.4. The molecule has 0 aromatic heterocycles. The van der Waals surface area contributed by atoms with E-state index in [0.29, 0.717) is 6.42 Å². The van der Waals surface area contributed by atoms with Gasteiger partial charge in [-0.15, -0.1) is 0 Å². The summed E-state index contributed by atoms with van der Waals surface area (Å²) in [6.07, 6.45) is 1.58. The van der Waals surface area contributed by atoms with E-state index in [0.717, 1.165) is 24.2 Å². The van der Waals surface area contributed by atoms with Crippen molar-refractivity contribution >= 4 is 23.4 Å². The second-order valence-electron chi connectivity index (χ2n) is 3.98. The number of carbonyl (C=O) groups excluding carboxylic acids is 1. The highest BCUT2D eigenvalue weighted by atomic mass is 32.2. The van der Waals surface area contributed by atoms with Crippen LogP contribution in [0.3, 0.4) is 0 Å². The molecule has 0 atom stereocenters. The minimum absolute atomic E-state index is 0.0470. The van der Waals surface area contributed by atoms with Crippen molar-refractivity contribution in [1.82, 2.24) is 5.32 Å². The Morgan fingerprint density at radius 2 is 2.11 bits per heavy atom. The quantitative estimate of drug-likeness (QED) is 0.710. The lowest BCUT2D eigenvalue weighted by molar-refractivity contribution is -0.119. The Hall–Kier alpha value is -1.16. The molecule has 0 radical (unpaired) electrons. The number of anilines is 1. The molecule has 0 aliphatic heterocycles. The van der Waals surface area contributed by atoms with Crippen molar-refractivity contribution in [3.05, 3.63) is 29.8 Å². The van der Waals surface area contributed by atoms with Crippen LogP contribution in [0.2, 0.25) is 0 Å². The van der Waals surface area contributed by atoms with Gasteiger partial charge in [0, 0.05) is 19.3 Å². The molecule has 0 aliphatic rings. The zero-order chi connectivity index (χ0) is 13.2. The van der Waals surface area contributed by atoms with Crippen LogP contribution < -0.4 is 10.6 Å². The van der Waals surface area contributed by atoms with Crippen molar-refractivity contribution in [1.29, 1.82) is 0 Å². The van der Waals surface area contributed by atoms with E-state index >= 15 is 0 Å². The van der Waals surface area contributed by atoms with E-state index in [1.165, 1.54) is 11.5 Å². The van der Waals surface area contributed by atoms with E-state index in [4.69, 9.17) is 0 Å². The van der Waals surface area contributed by atoms with Gasteiger partial charge in [0.25, 0.3) is 0 Å². The lowest BCUT2D eigenvalue weighted by Crippen LogP contribution is -2.20. The van der Waals surface area contributed by atoms with Crippen molar-refractivity contribution in [3.8, 4) is 0 Å². The molecule has 0 saturated carbocycles. The van der Waals surface area contributed by atoms with E-state index < -0.39 is 0 Å². The molecule has 0 aliphatic carbocycles. The van der Waals surface area contributed by atoms with Crippen LogP contribution in [0.5, 0.6) is 0 Å². The van der Waals surface area contributed by atoms with Crippen LogP contribution in [0.25, 0.3) is 0 Å². The van der Waals surface area contributed by atoms with Crippen LogP contribution in [0, 0.1) is 0 Å². The third-order valence-corrected chi connectivity index (χ3v) is 3.62. The zero-order valence-corrected chi connectivity index (χ0v) is 12.0. The standard InChI is InChI=1S/C14H22N2OS/c1-3-18-10-6-9-16-13-8-5-4-7-12(13)11-14(17)15-2/h4-5,7-8,16H,3,6,9-11H2,1-2H3,(H,15,17). The number of amides is 1. The minimum Gasteiger partial charge on any atom is -0.385 e. The molecular formula is C14H22N2OS. The fraction of sp³-hybridized carbons (Fsp3) is 0.500. The van der Waals surface area contributed by atoms with E-state index in [2.05, 4.69) is 17.6 Å². The second kappa shape index (κ2) is 8.86. The Morgan fingerprint density at radius 3 is 2.83 bits per heavy atom. The van der Waals surface area contributed by atoms with Crippen molar-refractivity contribution in [3.63, 3.8) is 0 Å². The maximum absolute atomic E-state index is 11.4. The number of benzene rings is 1. The molecule has 0 spiro atoms. The number of hydrogen-bond donors (Lipinski definition) is 2. The van der Waals surface area contributed by atoms with Crippen LogP contribution in [0.1, 0.15) is 18.9 Å². The Bertz CT molecular complexity index is 369. The molecule has 1 amide bonds. The highest BCUT2D eigenvalue weighted by Crippen LogP contribution is 2.15. The third-order valence-electron chi connectivity index (χ3n) is 2.63. The number of nitrogens with one attached hydrogen (secondary N) is 2. The average molecular weight is 266 g/mol. The van der Waals surface area contributed by atoms with E-state index in [-0.39, 0.29) is 5.91 Å². The van der Waals surface area contributed by atoms with E-state index in [9.17, 15) is 4.79 Å². The summed E-state index contributed by atoms with van der Waals surface area (Å²) < 4.78 is 0. The van der Waals surface area contributed by atoms with Crippen LogP contribution in [0.15, 0.2) is 24.3 Å². The topological polar surface area (TPSA) is 41.1 Å². The largest absolute Gasteiger partial charge is 0.385 e. The molecule has 0 fully saturated rings. The molecule has 1 rings (SSSR count). The molecule has 1 aromatic rings. The van der Waals surface area contributed by atoms with Gasteiger partial charge in [-0.2, -0.15) is 11.8 Å². The van der Waals surface area contributed by atoms with Crippen LogP contribution in [0.4, 0.5) is 5.69 Å². The van der Waals surface area contributed by atoms with E-state index in [1.54, 1.807) is 7.05 Å². The number of likely N-dealkylation sites (N-methyl/N-ethyl adjacent to an activating group) is 1. The molecule has 100 valence electrons. The third kappa shape index (κ3) is 5.45. The van der Waals surface area contributed by atoms with Gasteiger partial charge < -0.3 is 10.6 Å². The molecule has 0 heterocycles. The molecule has 0 unspecified atom stereocenters. The normalized spacial score (nSPS) is 10.1. The molecule has 18 heavy (non-hydrogen) atoms. The van der Waals surface area contributed by atoms with Gasteiger partial charge >= 0.3 is 0 Å². The van der Waals surface area contributed by atoms with Gasteiger partial charge in [0.15, 0.2) is 0 Å². The fourth-order valence-electron chi connectivity index (χ4n) is 1.65. The van der Waals surface area contributed by atoms with Gasteiger partial charge in [-0.25, -0.2) is 0 Å². The zero-order valence-electron chi connectivity index (χ0n) is 11.2. The molecule has 0 bridgehead atoms. The predicted octanol–water partition coefficient (Wildman–Crippen LogP) is 2.53. The first kappa shape index (κ1) is 14.9. The van der Waals surface area contributed by atoms with Gasteiger partial charge in [0.2, 0.25) is 5.91 Å². The number of carbonyl (C=O) groups is 1. The lowest BCUT2D eigenvalue weighted by Gasteiger charge is -2.11. The average Bonchev–Trinajstić information content (AvgIpc) is 2.40. The smallest absolute Gasteiger partial charge is 0.224 e. The number of hydrogen-bond acceptors (Lipinski definition) is 3.